The third kappa shape index (κ3) is 2.73. The predicted octanol–water partition coefficient (Wildman–Crippen LogP) is 4.20. The number of anilines is 1. The largest absolute Gasteiger partial charge is 0.367 e. The fourth-order valence-corrected chi connectivity index (χ4v) is 4.52. The summed E-state index contributed by atoms with van der Waals surface area (Å²) >= 11 is 0. The number of hydrogen-bond acceptors (Lipinski definition) is 2. The number of nitrogens with zero attached hydrogens (tertiary/aromatic N) is 1. The van der Waals surface area contributed by atoms with Gasteiger partial charge in [0, 0.05) is 35.9 Å². The molecule has 2 aliphatic heterocycles. The molecule has 1 aromatic heterocycles. The van der Waals surface area contributed by atoms with Gasteiger partial charge in [-0.25, -0.2) is 0 Å². The van der Waals surface area contributed by atoms with Gasteiger partial charge in [-0.3, -0.25) is 0 Å². The minimum absolute atomic E-state index is 0.697. The van der Waals surface area contributed by atoms with Gasteiger partial charge >= 0.3 is 0 Å². The predicted molar refractivity (Wildman–Crippen MR) is 104 cm³/mol. The van der Waals surface area contributed by atoms with Crippen molar-refractivity contribution in [3.63, 3.8) is 0 Å². The zero-order valence-corrected chi connectivity index (χ0v) is 14.6. The van der Waals surface area contributed by atoms with Gasteiger partial charge in [-0.1, -0.05) is 30.3 Å². The zero-order chi connectivity index (χ0) is 16.6. The number of benzene rings is 2. The normalized spacial score (nSPS) is 18.5. The average Bonchev–Trinajstić information content (AvgIpc) is 3.11. The van der Waals surface area contributed by atoms with E-state index in [2.05, 4.69) is 63.9 Å². The molecule has 3 nitrogen and oxygen atoms in total. The first-order valence-electron chi connectivity index (χ1n) is 9.52. The Balaban J connectivity index is 1.44. The number of aromatic nitrogens is 1. The lowest BCUT2D eigenvalue weighted by molar-refractivity contribution is 0.462. The molecule has 0 spiro atoms. The van der Waals surface area contributed by atoms with E-state index in [9.17, 15) is 0 Å². The number of H-pyrrole nitrogens is 1. The molecule has 0 bridgehead atoms. The molecule has 0 saturated carbocycles. The van der Waals surface area contributed by atoms with Crippen molar-refractivity contribution in [2.45, 2.75) is 31.7 Å². The quantitative estimate of drug-likeness (QED) is 0.737. The van der Waals surface area contributed by atoms with Crippen molar-refractivity contribution >= 4 is 16.6 Å². The molecule has 0 radical (unpaired) electrons. The van der Waals surface area contributed by atoms with Crippen molar-refractivity contribution in [3.05, 3.63) is 65.4 Å². The maximum atomic E-state index is 3.54. The molecule has 0 atom stereocenters. The van der Waals surface area contributed by atoms with Crippen molar-refractivity contribution in [1.29, 1.82) is 0 Å². The van der Waals surface area contributed by atoms with E-state index in [1.165, 1.54) is 46.1 Å². The second-order valence-corrected chi connectivity index (χ2v) is 7.44. The van der Waals surface area contributed by atoms with Gasteiger partial charge in [0.05, 0.1) is 0 Å². The average molecular weight is 331 g/mol. The molecule has 0 unspecified atom stereocenters. The van der Waals surface area contributed by atoms with Gasteiger partial charge in [0.25, 0.3) is 0 Å². The fraction of sp³-hybridized carbons (Fsp3) is 0.364. The minimum atomic E-state index is 0.697. The van der Waals surface area contributed by atoms with Crippen LogP contribution in [0.5, 0.6) is 0 Å². The molecule has 5 rings (SSSR count). The Morgan fingerprint density at radius 3 is 2.68 bits per heavy atom. The molecule has 2 aromatic carbocycles. The van der Waals surface area contributed by atoms with Crippen LogP contribution < -0.4 is 10.2 Å². The van der Waals surface area contributed by atoms with Crippen molar-refractivity contribution in [1.82, 2.24) is 10.3 Å². The van der Waals surface area contributed by atoms with Crippen molar-refractivity contribution in [3.8, 4) is 0 Å². The Bertz CT molecular complexity index is 889. The van der Waals surface area contributed by atoms with Gasteiger partial charge in [-0.2, -0.15) is 0 Å². The van der Waals surface area contributed by atoms with Crippen molar-refractivity contribution in [2.24, 2.45) is 0 Å². The maximum Gasteiger partial charge on any atom is 0.0477 e. The van der Waals surface area contributed by atoms with E-state index in [0.29, 0.717) is 5.92 Å². The molecule has 2 N–H and O–H groups in total. The van der Waals surface area contributed by atoms with Crippen LogP contribution in [-0.4, -0.2) is 24.6 Å². The SMILES string of the molecule is c1ccc2c(c1)CCN(c1ccc3c(C4CCNCC4)c[nH]c3c1)C2. The third-order valence-corrected chi connectivity index (χ3v) is 5.97. The van der Waals surface area contributed by atoms with Gasteiger partial charge in [0.1, 0.15) is 0 Å². The minimum Gasteiger partial charge on any atom is -0.367 e. The molecule has 0 aliphatic carbocycles. The molecule has 3 heteroatoms. The Labute approximate surface area is 149 Å². The summed E-state index contributed by atoms with van der Waals surface area (Å²) in [4.78, 5) is 6.04. The highest BCUT2D eigenvalue weighted by atomic mass is 15.1. The van der Waals surface area contributed by atoms with Crippen LogP contribution in [0.2, 0.25) is 0 Å². The number of fused-ring (bicyclic) bond motifs is 2. The van der Waals surface area contributed by atoms with Gasteiger partial charge in [-0.15, -0.1) is 0 Å². The zero-order valence-electron chi connectivity index (χ0n) is 14.6. The van der Waals surface area contributed by atoms with E-state index < -0.39 is 0 Å². The maximum absolute atomic E-state index is 3.54. The van der Waals surface area contributed by atoms with Crippen molar-refractivity contribution in [2.75, 3.05) is 24.5 Å². The molecular weight excluding hydrogens is 306 g/mol. The molecule has 128 valence electrons. The molecule has 3 heterocycles. The van der Waals surface area contributed by atoms with Crippen molar-refractivity contribution < 1.29 is 0 Å². The molecule has 2 aliphatic rings. The Kier molecular flexibility index (Phi) is 3.75. The van der Waals surface area contributed by atoms with Crippen LogP contribution in [0.3, 0.4) is 0 Å². The van der Waals surface area contributed by atoms with Crippen LogP contribution in [0.25, 0.3) is 10.9 Å². The smallest absolute Gasteiger partial charge is 0.0477 e. The number of nitrogens with one attached hydrogen (secondary N) is 2. The number of rotatable bonds is 2. The summed E-state index contributed by atoms with van der Waals surface area (Å²) in [5.41, 5.74) is 7.10. The highest BCUT2D eigenvalue weighted by molar-refractivity contribution is 5.87. The monoisotopic (exact) mass is 331 g/mol. The summed E-state index contributed by atoms with van der Waals surface area (Å²) in [6.45, 7) is 4.40. The number of piperidine rings is 1. The second kappa shape index (κ2) is 6.23. The van der Waals surface area contributed by atoms with E-state index in [4.69, 9.17) is 0 Å². The van der Waals surface area contributed by atoms with Crippen LogP contribution in [0, 0.1) is 0 Å². The first-order valence-corrected chi connectivity index (χ1v) is 9.52. The topological polar surface area (TPSA) is 31.1 Å². The Morgan fingerprint density at radius 1 is 0.960 bits per heavy atom. The number of aromatic amines is 1. The van der Waals surface area contributed by atoms with E-state index in [1.54, 1.807) is 0 Å². The fourth-order valence-electron chi connectivity index (χ4n) is 4.52. The van der Waals surface area contributed by atoms with Crippen LogP contribution in [0.4, 0.5) is 5.69 Å². The van der Waals surface area contributed by atoms with E-state index >= 15 is 0 Å². The van der Waals surface area contributed by atoms with E-state index in [1.807, 2.05) is 0 Å². The van der Waals surface area contributed by atoms with Gasteiger partial charge in [0.2, 0.25) is 0 Å². The van der Waals surface area contributed by atoms with Crippen LogP contribution in [0.1, 0.15) is 35.4 Å². The summed E-state index contributed by atoms with van der Waals surface area (Å²) in [7, 11) is 0. The summed E-state index contributed by atoms with van der Waals surface area (Å²) < 4.78 is 0. The van der Waals surface area contributed by atoms with Gasteiger partial charge in [0.15, 0.2) is 0 Å². The summed E-state index contributed by atoms with van der Waals surface area (Å²) in [5.74, 6) is 0.697. The van der Waals surface area contributed by atoms with E-state index in [-0.39, 0.29) is 0 Å². The number of hydrogen-bond donors (Lipinski definition) is 2. The lowest BCUT2D eigenvalue weighted by atomic mass is 9.90. The molecular formula is C22H25N3. The van der Waals surface area contributed by atoms with Gasteiger partial charge < -0.3 is 15.2 Å². The molecule has 3 aromatic rings. The van der Waals surface area contributed by atoms with E-state index in [0.717, 1.165) is 32.6 Å². The Morgan fingerprint density at radius 2 is 1.80 bits per heavy atom. The van der Waals surface area contributed by atoms with Crippen LogP contribution >= 0.6 is 0 Å². The summed E-state index contributed by atoms with van der Waals surface area (Å²) in [5, 5.41) is 4.88. The second-order valence-electron chi connectivity index (χ2n) is 7.44. The lowest BCUT2D eigenvalue weighted by Gasteiger charge is -2.30. The first kappa shape index (κ1) is 15.0. The molecule has 0 amide bonds. The lowest BCUT2D eigenvalue weighted by Crippen LogP contribution is -2.30. The highest BCUT2D eigenvalue weighted by Crippen LogP contribution is 2.34. The van der Waals surface area contributed by atoms with Gasteiger partial charge in [-0.05, 0) is 67.1 Å². The standard InChI is InChI=1S/C22H25N3/c1-2-4-18-15-25(12-9-16(18)3-1)19-5-6-20-21(14-24-22(20)13-19)17-7-10-23-11-8-17/h1-6,13-14,17,23-24H,7-12,15H2. The molecule has 1 saturated heterocycles. The summed E-state index contributed by atoms with van der Waals surface area (Å²) in [6, 6.07) is 15.8. The highest BCUT2D eigenvalue weighted by Gasteiger charge is 2.20. The molecule has 25 heavy (non-hydrogen) atoms. The molecule has 1 fully saturated rings. The third-order valence-electron chi connectivity index (χ3n) is 5.97. The first-order chi connectivity index (χ1) is 12.4. The summed E-state index contributed by atoms with van der Waals surface area (Å²) in [6.07, 6.45) is 5.88. The van der Waals surface area contributed by atoms with Crippen LogP contribution in [-0.2, 0) is 13.0 Å². The van der Waals surface area contributed by atoms with Crippen LogP contribution in [0.15, 0.2) is 48.7 Å². The Hall–Kier alpha value is -2.26.